The van der Waals surface area contributed by atoms with Gasteiger partial charge in [0, 0.05) is 24.8 Å². The van der Waals surface area contributed by atoms with Gasteiger partial charge >= 0.3 is 0 Å². The highest BCUT2D eigenvalue weighted by molar-refractivity contribution is 7.99. The van der Waals surface area contributed by atoms with E-state index in [2.05, 4.69) is 22.8 Å². The third-order valence-corrected chi connectivity index (χ3v) is 5.68. The summed E-state index contributed by atoms with van der Waals surface area (Å²) in [5.41, 5.74) is 1.34. The first-order chi connectivity index (χ1) is 11.2. The van der Waals surface area contributed by atoms with Crippen molar-refractivity contribution in [2.24, 2.45) is 5.41 Å². The number of methoxy groups -OCH3 is 1. The van der Waals surface area contributed by atoms with E-state index in [0.29, 0.717) is 13.2 Å². The Balaban J connectivity index is 1.78. The van der Waals surface area contributed by atoms with Crippen molar-refractivity contribution in [1.82, 2.24) is 10.6 Å². The summed E-state index contributed by atoms with van der Waals surface area (Å²) in [6.07, 6.45) is 2.10. The van der Waals surface area contributed by atoms with Gasteiger partial charge in [0.1, 0.15) is 0 Å². The number of rotatable bonds is 8. The molecule has 23 heavy (non-hydrogen) atoms. The number of benzene rings is 1. The molecule has 0 saturated carbocycles. The van der Waals surface area contributed by atoms with E-state index in [9.17, 15) is 4.79 Å². The van der Waals surface area contributed by atoms with Crippen molar-refractivity contribution in [3.8, 4) is 0 Å². The molecule has 0 aliphatic carbocycles. The van der Waals surface area contributed by atoms with Crippen LogP contribution in [0.3, 0.4) is 0 Å². The van der Waals surface area contributed by atoms with E-state index in [4.69, 9.17) is 4.74 Å². The molecule has 0 aromatic heterocycles. The molecule has 1 amide bonds. The van der Waals surface area contributed by atoms with Gasteiger partial charge in [-0.3, -0.25) is 4.79 Å². The zero-order chi connectivity index (χ0) is 16.5. The lowest BCUT2D eigenvalue weighted by Crippen LogP contribution is -2.48. The van der Waals surface area contributed by atoms with Gasteiger partial charge in [-0.15, -0.1) is 11.8 Å². The summed E-state index contributed by atoms with van der Waals surface area (Å²) in [5, 5.41) is 6.48. The van der Waals surface area contributed by atoms with Crippen LogP contribution in [0.4, 0.5) is 0 Å². The number of amides is 1. The number of thioether (sulfide) groups is 1. The lowest BCUT2D eigenvalue weighted by molar-refractivity contribution is -0.121. The van der Waals surface area contributed by atoms with Crippen LogP contribution in [0.5, 0.6) is 0 Å². The molecule has 2 N–H and O–H groups in total. The fraction of sp³-hybridized carbons (Fsp3) is 0.611. The van der Waals surface area contributed by atoms with Crippen molar-refractivity contribution in [2.45, 2.75) is 30.8 Å². The predicted molar refractivity (Wildman–Crippen MR) is 96.6 cm³/mol. The molecular formula is C18H28N2O2S. The van der Waals surface area contributed by atoms with Gasteiger partial charge in [0.15, 0.2) is 0 Å². The molecule has 1 unspecified atom stereocenters. The molecule has 0 radical (unpaired) electrons. The molecule has 4 nitrogen and oxygen atoms in total. The molecule has 2 rings (SSSR count). The summed E-state index contributed by atoms with van der Waals surface area (Å²) >= 11 is 1.68. The maximum atomic E-state index is 12.4. The van der Waals surface area contributed by atoms with E-state index < -0.39 is 0 Å². The van der Waals surface area contributed by atoms with E-state index >= 15 is 0 Å². The maximum absolute atomic E-state index is 12.4. The van der Waals surface area contributed by atoms with Gasteiger partial charge in [-0.25, -0.2) is 0 Å². The Morgan fingerprint density at radius 2 is 2.04 bits per heavy atom. The Hall–Kier alpha value is -1.04. The summed E-state index contributed by atoms with van der Waals surface area (Å²) in [5.74, 6) is 0.989. The molecule has 1 aromatic carbocycles. The summed E-state index contributed by atoms with van der Waals surface area (Å²) in [7, 11) is 1.74. The smallest absolute Gasteiger partial charge is 0.232 e. The minimum Gasteiger partial charge on any atom is -0.384 e. The lowest BCUT2D eigenvalue weighted by Gasteiger charge is -2.37. The highest BCUT2D eigenvalue weighted by Gasteiger charge is 2.32. The molecule has 128 valence electrons. The average molecular weight is 337 g/mol. The minimum atomic E-state index is -0.0449. The van der Waals surface area contributed by atoms with Crippen molar-refractivity contribution in [1.29, 1.82) is 0 Å². The Kier molecular flexibility index (Phi) is 7.40. The standard InChI is InChI=1S/C18H28N2O2S/c1-15(23-12-16-6-4-3-5-7-16)17(21)20-13-18(14-22-2)8-10-19-11-9-18/h3-7,15,19H,8-14H2,1-2H3,(H,20,21). The Morgan fingerprint density at radius 1 is 1.35 bits per heavy atom. The van der Waals surface area contributed by atoms with Crippen LogP contribution in [0, 0.1) is 5.41 Å². The Bertz CT molecular complexity index is 470. The first-order valence-corrected chi connectivity index (χ1v) is 9.33. The van der Waals surface area contributed by atoms with Crippen molar-refractivity contribution in [3.05, 3.63) is 35.9 Å². The lowest BCUT2D eigenvalue weighted by atomic mass is 9.79. The second-order valence-electron chi connectivity index (χ2n) is 6.34. The molecule has 5 heteroatoms. The fourth-order valence-electron chi connectivity index (χ4n) is 2.92. The van der Waals surface area contributed by atoms with Crippen LogP contribution in [-0.4, -0.2) is 44.5 Å². The van der Waals surface area contributed by atoms with Gasteiger partial charge in [-0.2, -0.15) is 0 Å². The van der Waals surface area contributed by atoms with Crippen LogP contribution < -0.4 is 10.6 Å². The summed E-state index contributed by atoms with van der Waals surface area (Å²) in [4.78, 5) is 12.4. The normalized spacial score (nSPS) is 18.3. The van der Waals surface area contributed by atoms with E-state index in [0.717, 1.165) is 31.7 Å². The van der Waals surface area contributed by atoms with E-state index in [1.165, 1.54) is 5.56 Å². The number of carbonyl (C=O) groups is 1. The molecule has 1 aliphatic heterocycles. The van der Waals surface area contributed by atoms with Gasteiger partial charge < -0.3 is 15.4 Å². The van der Waals surface area contributed by atoms with Crippen LogP contribution in [0.25, 0.3) is 0 Å². The number of hydrogen-bond acceptors (Lipinski definition) is 4. The van der Waals surface area contributed by atoms with Gasteiger partial charge in [-0.1, -0.05) is 30.3 Å². The van der Waals surface area contributed by atoms with Gasteiger partial charge in [0.05, 0.1) is 11.9 Å². The monoisotopic (exact) mass is 336 g/mol. The van der Waals surface area contributed by atoms with Gasteiger partial charge in [0.2, 0.25) is 5.91 Å². The number of nitrogens with one attached hydrogen (secondary N) is 2. The zero-order valence-electron chi connectivity index (χ0n) is 14.1. The Morgan fingerprint density at radius 3 is 2.70 bits per heavy atom. The molecule has 1 fully saturated rings. The molecule has 1 heterocycles. The summed E-state index contributed by atoms with van der Waals surface area (Å²) in [6, 6.07) is 10.3. The van der Waals surface area contributed by atoms with Crippen molar-refractivity contribution in [3.63, 3.8) is 0 Å². The van der Waals surface area contributed by atoms with Crippen LogP contribution >= 0.6 is 11.8 Å². The van der Waals surface area contributed by atoms with Crippen LogP contribution in [0.15, 0.2) is 30.3 Å². The van der Waals surface area contributed by atoms with Crippen LogP contribution in [-0.2, 0) is 15.3 Å². The molecule has 1 atom stereocenters. The molecule has 1 aliphatic rings. The second kappa shape index (κ2) is 9.30. The van der Waals surface area contributed by atoms with E-state index in [1.54, 1.807) is 18.9 Å². The van der Waals surface area contributed by atoms with Crippen molar-refractivity contribution >= 4 is 17.7 Å². The molecule has 1 aromatic rings. The minimum absolute atomic E-state index is 0.0449. The topological polar surface area (TPSA) is 50.4 Å². The molecular weight excluding hydrogens is 308 g/mol. The SMILES string of the molecule is COCC1(CNC(=O)C(C)SCc2ccccc2)CCNCC1. The van der Waals surface area contributed by atoms with Crippen molar-refractivity contribution in [2.75, 3.05) is 33.4 Å². The highest BCUT2D eigenvalue weighted by atomic mass is 32.2. The first-order valence-electron chi connectivity index (χ1n) is 8.28. The zero-order valence-corrected chi connectivity index (χ0v) is 15.0. The molecule has 0 spiro atoms. The number of ether oxygens (including phenoxy) is 1. The van der Waals surface area contributed by atoms with Gasteiger partial charge in [-0.05, 0) is 38.4 Å². The largest absolute Gasteiger partial charge is 0.384 e. The van der Waals surface area contributed by atoms with Crippen LogP contribution in [0.2, 0.25) is 0 Å². The molecule has 0 bridgehead atoms. The van der Waals surface area contributed by atoms with Gasteiger partial charge in [0.25, 0.3) is 0 Å². The number of hydrogen-bond donors (Lipinski definition) is 2. The predicted octanol–water partition coefficient (Wildman–Crippen LogP) is 2.44. The van der Waals surface area contributed by atoms with E-state index in [1.807, 2.05) is 25.1 Å². The number of piperidine rings is 1. The van der Waals surface area contributed by atoms with Crippen LogP contribution in [0.1, 0.15) is 25.3 Å². The second-order valence-corrected chi connectivity index (χ2v) is 7.67. The fourth-order valence-corrected chi connectivity index (χ4v) is 3.79. The quantitative estimate of drug-likeness (QED) is 0.766. The average Bonchev–Trinajstić information content (AvgIpc) is 2.59. The number of carbonyl (C=O) groups excluding carboxylic acids is 1. The maximum Gasteiger partial charge on any atom is 0.232 e. The van der Waals surface area contributed by atoms with E-state index in [-0.39, 0.29) is 16.6 Å². The first kappa shape index (κ1) is 18.3. The molecule has 1 saturated heterocycles. The third-order valence-electron chi connectivity index (χ3n) is 4.46. The third kappa shape index (κ3) is 5.83. The van der Waals surface area contributed by atoms with Crippen molar-refractivity contribution < 1.29 is 9.53 Å². The Labute approximate surface area is 143 Å². The highest BCUT2D eigenvalue weighted by Crippen LogP contribution is 2.28. The summed E-state index contributed by atoms with van der Waals surface area (Å²) in [6.45, 7) is 5.39. The summed E-state index contributed by atoms with van der Waals surface area (Å²) < 4.78 is 5.40.